The number of nitrogens with zero attached hydrogens (tertiary/aromatic N) is 1. The van der Waals surface area contributed by atoms with E-state index in [0.717, 1.165) is 12.8 Å². The SMILES string of the molecule is CC(C)(C)NC(N)=NCCCCO. The van der Waals surface area contributed by atoms with Crippen molar-refractivity contribution in [2.75, 3.05) is 13.2 Å². The predicted molar refractivity (Wildman–Crippen MR) is 55.7 cm³/mol. The lowest BCUT2D eigenvalue weighted by Crippen LogP contribution is -2.45. The van der Waals surface area contributed by atoms with Crippen LogP contribution in [0.2, 0.25) is 0 Å². The summed E-state index contributed by atoms with van der Waals surface area (Å²) < 4.78 is 0. The maximum Gasteiger partial charge on any atom is 0.188 e. The highest BCUT2D eigenvalue weighted by atomic mass is 16.2. The molecular formula is C9H21N3O. The molecule has 0 radical (unpaired) electrons. The molecule has 0 aromatic rings. The fourth-order valence-electron chi connectivity index (χ4n) is 0.847. The summed E-state index contributed by atoms with van der Waals surface area (Å²) >= 11 is 0. The quantitative estimate of drug-likeness (QED) is 0.340. The summed E-state index contributed by atoms with van der Waals surface area (Å²) in [7, 11) is 0. The average molecular weight is 187 g/mol. The van der Waals surface area contributed by atoms with Gasteiger partial charge in [-0.15, -0.1) is 0 Å². The summed E-state index contributed by atoms with van der Waals surface area (Å²) in [5.41, 5.74) is 5.58. The standard InChI is InChI=1S/C9H21N3O/c1-9(2,3)12-8(10)11-6-4-5-7-13/h13H,4-7H2,1-3H3,(H3,10,11,12). The third kappa shape index (κ3) is 9.14. The van der Waals surface area contributed by atoms with Crippen LogP contribution in [0.1, 0.15) is 33.6 Å². The maximum absolute atomic E-state index is 8.52. The van der Waals surface area contributed by atoms with Crippen LogP contribution in [0.3, 0.4) is 0 Å². The van der Waals surface area contributed by atoms with Gasteiger partial charge in [-0.1, -0.05) is 0 Å². The Morgan fingerprint density at radius 1 is 1.38 bits per heavy atom. The van der Waals surface area contributed by atoms with E-state index >= 15 is 0 Å². The van der Waals surface area contributed by atoms with Crippen molar-refractivity contribution in [3.63, 3.8) is 0 Å². The highest BCUT2D eigenvalue weighted by Gasteiger charge is 2.08. The molecular weight excluding hydrogens is 166 g/mol. The van der Waals surface area contributed by atoms with E-state index in [1.165, 1.54) is 0 Å². The van der Waals surface area contributed by atoms with E-state index in [0.29, 0.717) is 12.5 Å². The zero-order chi connectivity index (χ0) is 10.3. The molecule has 4 heteroatoms. The molecule has 0 heterocycles. The Labute approximate surface area is 80.2 Å². The molecule has 0 aliphatic rings. The molecule has 0 bridgehead atoms. The first-order valence-electron chi connectivity index (χ1n) is 4.64. The van der Waals surface area contributed by atoms with Gasteiger partial charge in [0.1, 0.15) is 0 Å². The molecule has 0 spiro atoms. The lowest BCUT2D eigenvalue weighted by atomic mass is 10.1. The second kappa shape index (κ2) is 5.80. The van der Waals surface area contributed by atoms with Gasteiger partial charge in [0.05, 0.1) is 0 Å². The van der Waals surface area contributed by atoms with Crippen LogP contribution in [0.25, 0.3) is 0 Å². The van der Waals surface area contributed by atoms with E-state index in [1.807, 2.05) is 20.8 Å². The number of hydrogen-bond acceptors (Lipinski definition) is 2. The zero-order valence-corrected chi connectivity index (χ0v) is 8.80. The Bertz CT molecular complexity index is 161. The molecule has 0 aromatic heterocycles. The minimum atomic E-state index is -0.0371. The van der Waals surface area contributed by atoms with Crippen molar-refractivity contribution in [3.05, 3.63) is 0 Å². The van der Waals surface area contributed by atoms with Gasteiger partial charge in [0.2, 0.25) is 0 Å². The fraction of sp³-hybridized carbons (Fsp3) is 0.889. The molecule has 0 atom stereocenters. The molecule has 4 N–H and O–H groups in total. The van der Waals surface area contributed by atoms with Crippen molar-refractivity contribution < 1.29 is 5.11 Å². The van der Waals surface area contributed by atoms with Crippen LogP contribution >= 0.6 is 0 Å². The molecule has 0 fully saturated rings. The van der Waals surface area contributed by atoms with Crippen LogP contribution in [0, 0.1) is 0 Å². The van der Waals surface area contributed by atoms with Crippen molar-refractivity contribution in [3.8, 4) is 0 Å². The number of aliphatic hydroxyl groups is 1. The van der Waals surface area contributed by atoms with E-state index in [9.17, 15) is 0 Å². The molecule has 0 saturated heterocycles. The zero-order valence-electron chi connectivity index (χ0n) is 8.80. The molecule has 0 amide bonds. The Morgan fingerprint density at radius 2 is 2.00 bits per heavy atom. The average Bonchev–Trinajstić information content (AvgIpc) is 1.94. The van der Waals surface area contributed by atoms with Crippen LogP contribution in [0.4, 0.5) is 0 Å². The lowest BCUT2D eigenvalue weighted by Gasteiger charge is -2.20. The van der Waals surface area contributed by atoms with Crippen LogP contribution in [-0.4, -0.2) is 29.8 Å². The van der Waals surface area contributed by atoms with Gasteiger partial charge in [0.25, 0.3) is 0 Å². The number of guanidine groups is 1. The van der Waals surface area contributed by atoms with Gasteiger partial charge in [-0.3, -0.25) is 4.99 Å². The molecule has 0 unspecified atom stereocenters. The van der Waals surface area contributed by atoms with Gasteiger partial charge in [-0.2, -0.15) is 0 Å². The topological polar surface area (TPSA) is 70.6 Å². The van der Waals surface area contributed by atoms with Gasteiger partial charge in [-0.25, -0.2) is 0 Å². The van der Waals surface area contributed by atoms with Crippen LogP contribution in [0.15, 0.2) is 4.99 Å². The first kappa shape index (κ1) is 12.2. The third-order valence-electron chi connectivity index (χ3n) is 1.35. The third-order valence-corrected chi connectivity index (χ3v) is 1.35. The van der Waals surface area contributed by atoms with Gasteiger partial charge in [-0.05, 0) is 33.6 Å². The smallest absolute Gasteiger partial charge is 0.188 e. The van der Waals surface area contributed by atoms with Crippen molar-refractivity contribution in [1.82, 2.24) is 5.32 Å². The number of aliphatic hydroxyl groups excluding tert-OH is 1. The summed E-state index contributed by atoms with van der Waals surface area (Å²) in [4.78, 5) is 4.12. The van der Waals surface area contributed by atoms with Gasteiger partial charge >= 0.3 is 0 Å². The highest BCUT2D eigenvalue weighted by Crippen LogP contribution is 1.97. The van der Waals surface area contributed by atoms with E-state index in [2.05, 4.69) is 10.3 Å². The number of nitrogens with one attached hydrogen (secondary N) is 1. The van der Waals surface area contributed by atoms with Crippen LogP contribution in [0.5, 0.6) is 0 Å². The van der Waals surface area contributed by atoms with Crippen molar-refractivity contribution in [2.45, 2.75) is 39.2 Å². The minimum Gasteiger partial charge on any atom is -0.396 e. The number of aliphatic imine (C=N–C) groups is 1. The maximum atomic E-state index is 8.52. The monoisotopic (exact) mass is 187 g/mol. The second-order valence-electron chi connectivity index (χ2n) is 4.07. The van der Waals surface area contributed by atoms with Crippen molar-refractivity contribution >= 4 is 5.96 Å². The van der Waals surface area contributed by atoms with E-state index in [-0.39, 0.29) is 12.1 Å². The number of hydrogen-bond donors (Lipinski definition) is 3. The highest BCUT2D eigenvalue weighted by molar-refractivity contribution is 5.78. The van der Waals surface area contributed by atoms with Crippen molar-refractivity contribution in [1.29, 1.82) is 0 Å². The molecule has 4 nitrogen and oxygen atoms in total. The van der Waals surface area contributed by atoms with Crippen LogP contribution < -0.4 is 11.1 Å². The first-order valence-corrected chi connectivity index (χ1v) is 4.64. The second-order valence-corrected chi connectivity index (χ2v) is 4.07. The summed E-state index contributed by atoms with van der Waals surface area (Å²) in [5, 5.41) is 11.6. The minimum absolute atomic E-state index is 0.0371. The first-order chi connectivity index (χ1) is 5.95. The van der Waals surface area contributed by atoms with Crippen molar-refractivity contribution in [2.24, 2.45) is 10.7 Å². The summed E-state index contributed by atoms with van der Waals surface area (Å²) in [5.74, 6) is 0.477. The molecule has 13 heavy (non-hydrogen) atoms. The Kier molecular flexibility index (Phi) is 5.46. The molecule has 0 saturated carbocycles. The normalized spacial score (nSPS) is 13.1. The fourth-order valence-corrected chi connectivity index (χ4v) is 0.847. The number of unbranched alkanes of at least 4 members (excludes halogenated alkanes) is 1. The Hall–Kier alpha value is -0.770. The number of nitrogens with two attached hydrogens (primary N) is 1. The van der Waals surface area contributed by atoms with Crippen LogP contribution in [-0.2, 0) is 0 Å². The van der Waals surface area contributed by atoms with E-state index < -0.39 is 0 Å². The van der Waals surface area contributed by atoms with E-state index in [4.69, 9.17) is 10.8 Å². The summed E-state index contributed by atoms with van der Waals surface area (Å²) in [6.07, 6.45) is 1.66. The molecule has 0 aliphatic carbocycles. The van der Waals surface area contributed by atoms with Gasteiger partial charge in [0, 0.05) is 18.7 Å². The van der Waals surface area contributed by atoms with Gasteiger partial charge < -0.3 is 16.2 Å². The summed E-state index contributed by atoms with van der Waals surface area (Å²) in [6, 6.07) is 0. The molecule has 0 aliphatic heterocycles. The van der Waals surface area contributed by atoms with E-state index in [1.54, 1.807) is 0 Å². The predicted octanol–water partition coefficient (Wildman–Crippen LogP) is 0.462. The Morgan fingerprint density at radius 3 is 2.46 bits per heavy atom. The molecule has 0 aromatic carbocycles. The molecule has 0 rings (SSSR count). The number of rotatable bonds is 4. The van der Waals surface area contributed by atoms with Gasteiger partial charge in [0.15, 0.2) is 5.96 Å². The largest absolute Gasteiger partial charge is 0.396 e. The lowest BCUT2D eigenvalue weighted by molar-refractivity contribution is 0.285. The molecule has 78 valence electrons. The Balaban J connectivity index is 3.63. The summed E-state index contributed by atoms with van der Waals surface area (Å²) in [6.45, 7) is 6.99.